The lowest BCUT2D eigenvalue weighted by molar-refractivity contribution is -0.380. The Labute approximate surface area is 141 Å². The minimum absolute atomic E-state index is 0.0189. The van der Waals surface area contributed by atoms with Gasteiger partial charge in [0, 0.05) is 23.1 Å². The van der Waals surface area contributed by atoms with E-state index in [1.165, 1.54) is 24.3 Å². The topological polar surface area (TPSA) is 85.1 Å². The summed E-state index contributed by atoms with van der Waals surface area (Å²) in [6, 6.07) is 4.71. The van der Waals surface area contributed by atoms with Gasteiger partial charge >= 0.3 is 5.00 Å². The third-order valence-electron chi connectivity index (χ3n) is 2.83. The Morgan fingerprint density at radius 2 is 2.08 bits per heavy atom. The van der Waals surface area contributed by atoms with Gasteiger partial charge in [-0.05, 0) is 18.2 Å². The minimum Gasteiger partial charge on any atom is -0.298 e. The van der Waals surface area contributed by atoms with Gasteiger partial charge in [-0.15, -0.1) is 0 Å². The van der Waals surface area contributed by atoms with E-state index in [4.69, 9.17) is 0 Å². The number of aromatic nitrogens is 1. The van der Waals surface area contributed by atoms with E-state index in [-0.39, 0.29) is 20.3 Å². The highest BCUT2D eigenvalue weighted by molar-refractivity contribution is 7.22. The summed E-state index contributed by atoms with van der Waals surface area (Å²) in [7, 11) is 0. The maximum atomic E-state index is 13.6. The second-order valence-corrected chi connectivity index (χ2v) is 6.63. The number of carbonyl (C=O) groups excluding carboxylic acids is 1. The van der Waals surface area contributed by atoms with E-state index in [1.54, 1.807) is 0 Å². The van der Waals surface area contributed by atoms with Crippen molar-refractivity contribution in [3.05, 3.63) is 57.0 Å². The number of carbonyl (C=O) groups is 1. The summed E-state index contributed by atoms with van der Waals surface area (Å²) in [4.78, 5) is 26.3. The molecule has 122 valence electrons. The lowest BCUT2D eigenvalue weighted by Crippen LogP contribution is -2.07. The first-order valence-electron chi connectivity index (χ1n) is 6.41. The Morgan fingerprint density at radius 3 is 2.79 bits per heavy atom. The van der Waals surface area contributed by atoms with Gasteiger partial charge in [0.1, 0.15) is 11.3 Å². The van der Waals surface area contributed by atoms with Crippen LogP contribution in [0.3, 0.4) is 0 Å². The summed E-state index contributed by atoms with van der Waals surface area (Å²) < 4.78 is 27.0. The van der Waals surface area contributed by atoms with Crippen LogP contribution >= 0.6 is 22.7 Å². The molecule has 24 heavy (non-hydrogen) atoms. The highest BCUT2D eigenvalue weighted by Crippen LogP contribution is 2.29. The van der Waals surface area contributed by atoms with Crippen molar-refractivity contribution in [1.29, 1.82) is 0 Å². The Hall–Kier alpha value is -2.72. The average Bonchev–Trinajstić information content (AvgIpc) is 3.11. The third kappa shape index (κ3) is 3.44. The number of halogens is 2. The van der Waals surface area contributed by atoms with Crippen LogP contribution in [0.2, 0.25) is 0 Å². The highest BCUT2D eigenvalue weighted by atomic mass is 32.1. The molecule has 3 rings (SSSR count). The molecule has 0 saturated carbocycles. The average molecular weight is 367 g/mol. The van der Waals surface area contributed by atoms with Gasteiger partial charge in [-0.3, -0.25) is 20.2 Å². The van der Waals surface area contributed by atoms with Gasteiger partial charge in [-0.25, -0.2) is 13.8 Å². The summed E-state index contributed by atoms with van der Waals surface area (Å²) in [5.74, 6) is -2.06. The standard InChI is InChI=1S/C14H7F2N3O3S2/c15-7-5-9(16)13-10(6-7)24-14(18-13)17-11(20)3-1-8-2-4-12(23-8)19(21)22/h1-6H,(H,17,18,20). The molecule has 6 nitrogen and oxygen atoms in total. The highest BCUT2D eigenvalue weighted by Gasteiger charge is 2.12. The Morgan fingerprint density at radius 1 is 1.29 bits per heavy atom. The zero-order chi connectivity index (χ0) is 17.3. The maximum Gasteiger partial charge on any atom is 0.324 e. The van der Waals surface area contributed by atoms with Crippen molar-refractivity contribution in [3.8, 4) is 0 Å². The molecule has 3 aromatic rings. The van der Waals surface area contributed by atoms with Crippen molar-refractivity contribution in [2.75, 3.05) is 5.32 Å². The fraction of sp³-hybridized carbons (Fsp3) is 0. The van der Waals surface area contributed by atoms with E-state index < -0.39 is 22.5 Å². The number of thiazole rings is 1. The van der Waals surface area contributed by atoms with Crippen LogP contribution in [-0.2, 0) is 4.79 Å². The SMILES string of the molecule is O=C(C=Cc1ccc([N+](=O)[O-])s1)Nc1nc2c(F)cc(F)cc2s1. The Balaban J connectivity index is 1.73. The molecule has 0 aliphatic rings. The summed E-state index contributed by atoms with van der Waals surface area (Å²) in [6.07, 6.45) is 2.60. The summed E-state index contributed by atoms with van der Waals surface area (Å²) in [6.45, 7) is 0. The predicted octanol–water partition coefficient (Wildman–Crippen LogP) is 4.20. The van der Waals surface area contributed by atoms with Crippen LogP contribution < -0.4 is 5.32 Å². The number of hydrogen-bond donors (Lipinski definition) is 1. The molecule has 0 spiro atoms. The number of hydrogen-bond acceptors (Lipinski definition) is 6. The molecule has 2 heterocycles. The van der Waals surface area contributed by atoms with Crippen LogP contribution in [-0.4, -0.2) is 15.8 Å². The number of nitrogens with one attached hydrogen (secondary N) is 1. The van der Waals surface area contributed by atoms with Crippen LogP contribution in [0.4, 0.5) is 18.9 Å². The van der Waals surface area contributed by atoms with Gasteiger partial charge in [-0.1, -0.05) is 22.7 Å². The van der Waals surface area contributed by atoms with Crippen molar-refractivity contribution in [1.82, 2.24) is 4.98 Å². The zero-order valence-electron chi connectivity index (χ0n) is 11.7. The number of rotatable bonds is 4. The molecule has 1 amide bonds. The molecule has 0 saturated heterocycles. The third-order valence-corrected chi connectivity index (χ3v) is 4.75. The summed E-state index contributed by atoms with van der Waals surface area (Å²) >= 11 is 1.87. The molecular weight excluding hydrogens is 360 g/mol. The fourth-order valence-corrected chi connectivity index (χ4v) is 3.48. The fourth-order valence-electron chi connectivity index (χ4n) is 1.85. The number of nitro groups is 1. The van der Waals surface area contributed by atoms with Gasteiger partial charge < -0.3 is 0 Å². The first kappa shape index (κ1) is 16.1. The monoisotopic (exact) mass is 367 g/mol. The molecule has 2 aromatic heterocycles. The first-order chi connectivity index (χ1) is 11.4. The number of thiophene rings is 1. The van der Waals surface area contributed by atoms with Crippen LogP contribution in [0, 0.1) is 21.7 Å². The van der Waals surface area contributed by atoms with Gasteiger partial charge in [0.15, 0.2) is 10.9 Å². The van der Waals surface area contributed by atoms with Gasteiger partial charge in [-0.2, -0.15) is 0 Å². The molecule has 0 aliphatic carbocycles. The smallest absolute Gasteiger partial charge is 0.298 e. The lowest BCUT2D eigenvalue weighted by atomic mass is 10.3. The van der Waals surface area contributed by atoms with Crippen LogP contribution in [0.1, 0.15) is 4.88 Å². The molecule has 0 unspecified atom stereocenters. The van der Waals surface area contributed by atoms with E-state index in [1.807, 2.05) is 0 Å². The minimum atomic E-state index is -0.803. The molecule has 0 aliphatic heterocycles. The van der Waals surface area contributed by atoms with Gasteiger partial charge in [0.05, 0.1) is 9.62 Å². The number of nitrogens with zero attached hydrogens (tertiary/aromatic N) is 2. The second-order valence-electron chi connectivity index (χ2n) is 4.51. The second kappa shape index (κ2) is 6.42. The molecule has 0 fully saturated rings. The normalized spacial score (nSPS) is 11.2. The van der Waals surface area contributed by atoms with E-state index in [2.05, 4.69) is 10.3 Å². The maximum absolute atomic E-state index is 13.6. The molecule has 0 bridgehead atoms. The summed E-state index contributed by atoms with van der Waals surface area (Å²) in [5.41, 5.74) is -0.0189. The molecule has 0 atom stereocenters. The lowest BCUT2D eigenvalue weighted by Gasteiger charge is -1.94. The van der Waals surface area contributed by atoms with Crippen LogP contribution in [0.15, 0.2) is 30.3 Å². The Bertz CT molecular complexity index is 981. The molecule has 0 radical (unpaired) electrons. The van der Waals surface area contributed by atoms with Crippen molar-refractivity contribution >= 4 is 55.0 Å². The number of anilines is 1. The van der Waals surface area contributed by atoms with Crippen molar-refractivity contribution in [2.24, 2.45) is 0 Å². The largest absolute Gasteiger partial charge is 0.324 e. The number of fused-ring (bicyclic) bond motifs is 1. The quantitative estimate of drug-likeness (QED) is 0.425. The van der Waals surface area contributed by atoms with Gasteiger partial charge in [0.2, 0.25) is 5.91 Å². The zero-order valence-corrected chi connectivity index (χ0v) is 13.3. The van der Waals surface area contributed by atoms with E-state index in [0.717, 1.165) is 34.8 Å². The molecular formula is C14H7F2N3O3S2. The van der Waals surface area contributed by atoms with Crippen molar-refractivity contribution in [3.63, 3.8) is 0 Å². The first-order valence-corrected chi connectivity index (χ1v) is 8.04. The molecule has 1 N–H and O–H groups in total. The predicted molar refractivity (Wildman–Crippen MR) is 88.2 cm³/mol. The van der Waals surface area contributed by atoms with Crippen LogP contribution in [0.25, 0.3) is 16.3 Å². The van der Waals surface area contributed by atoms with E-state index in [0.29, 0.717) is 4.88 Å². The van der Waals surface area contributed by atoms with Gasteiger partial charge in [0.25, 0.3) is 0 Å². The molecule has 1 aromatic carbocycles. The Kier molecular flexibility index (Phi) is 4.32. The van der Waals surface area contributed by atoms with Crippen molar-refractivity contribution in [2.45, 2.75) is 0 Å². The number of amides is 1. The van der Waals surface area contributed by atoms with E-state index >= 15 is 0 Å². The number of benzene rings is 1. The van der Waals surface area contributed by atoms with Crippen molar-refractivity contribution < 1.29 is 18.5 Å². The molecule has 10 heteroatoms. The van der Waals surface area contributed by atoms with E-state index in [9.17, 15) is 23.7 Å². The van der Waals surface area contributed by atoms with Crippen LogP contribution in [0.5, 0.6) is 0 Å². The summed E-state index contributed by atoms with van der Waals surface area (Å²) in [5, 5.41) is 13.1.